The van der Waals surface area contributed by atoms with Gasteiger partial charge < -0.3 is 20.1 Å². The number of benzene rings is 2. The summed E-state index contributed by atoms with van der Waals surface area (Å²) in [5, 5.41) is 5.35. The predicted octanol–water partition coefficient (Wildman–Crippen LogP) is 3.37. The molecule has 0 bridgehead atoms. The van der Waals surface area contributed by atoms with Crippen molar-refractivity contribution < 1.29 is 23.9 Å². The highest BCUT2D eigenvalue weighted by molar-refractivity contribution is 5.89. The second kappa shape index (κ2) is 13.1. The quantitative estimate of drug-likeness (QED) is 0.538. The molecule has 166 valence electrons. The lowest BCUT2D eigenvalue weighted by atomic mass is 10.0. The topological polar surface area (TPSA) is 93.7 Å². The third-order valence-corrected chi connectivity index (χ3v) is 4.75. The van der Waals surface area contributed by atoms with Crippen molar-refractivity contribution in [2.45, 2.75) is 51.3 Å². The molecule has 0 heterocycles. The number of carbonyl (C=O) groups excluding carboxylic acids is 3. The number of hydrogen-bond acceptors (Lipinski definition) is 5. The van der Waals surface area contributed by atoms with Gasteiger partial charge in [0.25, 0.3) is 0 Å². The molecule has 0 saturated carbocycles. The molecule has 0 aliphatic carbocycles. The second-order valence-corrected chi connectivity index (χ2v) is 7.17. The van der Waals surface area contributed by atoms with Crippen LogP contribution in [0.1, 0.15) is 37.3 Å². The monoisotopic (exact) mass is 426 g/mol. The molecule has 2 N–H and O–H groups in total. The van der Waals surface area contributed by atoms with E-state index in [1.807, 2.05) is 67.6 Å². The number of unbranched alkanes of at least 4 members (excludes halogenated alkanes) is 1. The van der Waals surface area contributed by atoms with Gasteiger partial charge in [0.2, 0.25) is 5.91 Å². The number of ether oxygens (including phenoxy) is 2. The summed E-state index contributed by atoms with van der Waals surface area (Å²) in [5.41, 5.74) is 1.71. The van der Waals surface area contributed by atoms with Crippen LogP contribution in [0.5, 0.6) is 0 Å². The lowest BCUT2D eigenvalue weighted by molar-refractivity contribution is -0.145. The number of nitrogens with one attached hydrogen (secondary N) is 2. The minimum Gasteiger partial charge on any atom is -0.467 e. The first kappa shape index (κ1) is 23.9. The normalized spacial score (nSPS) is 12.3. The molecule has 7 nitrogen and oxygen atoms in total. The van der Waals surface area contributed by atoms with Crippen LogP contribution in [0.15, 0.2) is 60.7 Å². The number of amides is 2. The Balaban J connectivity index is 2.06. The van der Waals surface area contributed by atoms with Crippen molar-refractivity contribution in [2.75, 3.05) is 7.11 Å². The summed E-state index contributed by atoms with van der Waals surface area (Å²) in [6.45, 7) is 2.09. The molecule has 0 radical (unpaired) electrons. The Bertz CT molecular complexity index is 826. The zero-order chi connectivity index (χ0) is 22.5. The van der Waals surface area contributed by atoms with Crippen LogP contribution in [-0.2, 0) is 32.1 Å². The van der Waals surface area contributed by atoms with E-state index in [4.69, 9.17) is 9.47 Å². The van der Waals surface area contributed by atoms with Crippen molar-refractivity contribution in [3.8, 4) is 0 Å². The summed E-state index contributed by atoms with van der Waals surface area (Å²) in [4.78, 5) is 37.4. The summed E-state index contributed by atoms with van der Waals surface area (Å²) in [6.07, 6.45) is 1.65. The second-order valence-electron chi connectivity index (χ2n) is 7.17. The zero-order valence-electron chi connectivity index (χ0n) is 18.0. The Hall–Kier alpha value is -3.35. The van der Waals surface area contributed by atoms with Gasteiger partial charge in [0.15, 0.2) is 0 Å². The number of alkyl carbamates (subject to hydrolysis) is 1. The van der Waals surface area contributed by atoms with Crippen LogP contribution in [0, 0.1) is 0 Å². The zero-order valence-corrected chi connectivity index (χ0v) is 18.0. The minimum absolute atomic E-state index is 0.0909. The van der Waals surface area contributed by atoms with Crippen molar-refractivity contribution in [1.29, 1.82) is 0 Å². The van der Waals surface area contributed by atoms with E-state index < -0.39 is 30.1 Å². The molecule has 2 rings (SSSR count). The van der Waals surface area contributed by atoms with E-state index in [1.54, 1.807) is 0 Å². The van der Waals surface area contributed by atoms with Gasteiger partial charge in [0, 0.05) is 6.42 Å². The van der Waals surface area contributed by atoms with Crippen molar-refractivity contribution in [3.63, 3.8) is 0 Å². The molecule has 0 aromatic heterocycles. The van der Waals surface area contributed by atoms with E-state index in [9.17, 15) is 14.4 Å². The number of esters is 1. The van der Waals surface area contributed by atoms with Crippen LogP contribution in [0.4, 0.5) is 4.79 Å². The molecule has 0 unspecified atom stereocenters. The van der Waals surface area contributed by atoms with E-state index in [-0.39, 0.29) is 13.0 Å². The fourth-order valence-electron chi connectivity index (χ4n) is 3.04. The molecule has 2 aromatic carbocycles. The Labute approximate surface area is 183 Å². The molecule has 2 aromatic rings. The molecule has 0 saturated heterocycles. The number of methoxy groups -OCH3 is 1. The largest absolute Gasteiger partial charge is 0.467 e. The van der Waals surface area contributed by atoms with Gasteiger partial charge in [-0.2, -0.15) is 0 Å². The van der Waals surface area contributed by atoms with Gasteiger partial charge in [-0.05, 0) is 17.5 Å². The van der Waals surface area contributed by atoms with E-state index in [1.165, 1.54) is 7.11 Å². The van der Waals surface area contributed by atoms with Crippen LogP contribution in [-0.4, -0.2) is 37.2 Å². The molecule has 31 heavy (non-hydrogen) atoms. The average Bonchev–Trinajstić information content (AvgIpc) is 2.80. The molecular formula is C24H30N2O5. The fourth-order valence-corrected chi connectivity index (χ4v) is 3.04. The van der Waals surface area contributed by atoms with E-state index >= 15 is 0 Å². The number of carbonyl (C=O) groups is 3. The molecule has 0 fully saturated rings. The van der Waals surface area contributed by atoms with E-state index in [2.05, 4.69) is 10.6 Å². The fraction of sp³-hybridized carbons (Fsp3) is 0.375. The SMILES string of the molecule is CCCC[C@@H](NC(=O)[C@@H](Cc1ccccc1)NC(=O)OCc1ccccc1)C(=O)OC. The van der Waals surface area contributed by atoms with E-state index in [0.29, 0.717) is 6.42 Å². The summed E-state index contributed by atoms with van der Waals surface area (Å²) < 4.78 is 10.1. The standard InChI is InChI=1S/C24H30N2O5/c1-3-4-15-20(23(28)30-2)25-22(27)21(16-18-11-7-5-8-12-18)26-24(29)31-17-19-13-9-6-10-14-19/h5-14,20-21H,3-4,15-17H2,1-2H3,(H,25,27)(H,26,29)/t20-,21-/m1/s1. The highest BCUT2D eigenvalue weighted by atomic mass is 16.5. The molecule has 0 aliphatic rings. The third-order valence-electron chi connectivity index (χ3n) is 4.75. The minimum atomic E-state index is -0.903. The summed E-state index contributed by atoms with van der Waals surface area (Å²) >= 11 is 0. The summed E-state index contributed by atoms with van der Waals surface area (Å²) in [5.74, 6) is -0.973. The van der Waals surface area contributed by atoms with Crippen molar-refractivity contribution in [1.82, 2.24) is 10.6 Å². The Morgan fingerprint density at radius 3 is 2.06 bits per heavy atom. The maximum Gasteiger partial charge on any atom is 0.408 e. The Kier molecular flexibility index (Phi) is 10.1. The maximum atomic E-state index is 13.0. The highest BCUT2D eigenvalue weighted by Gasteiger charge is 2.27. The highest BCUT2D eigenvalue weighted by Crippen LogP contribution is 2.08. The summed E-state index contributed by atoms with van der Waals surface area (Å²) in [6, 6.07) is 16.9. The molecule has 0 aliphatic heterocycles. The van der Waals surface area contributed by atoms with Gasteiger partial charge in [0.05, 0.1) is 7.11 Å². The molecule has 0 spiro atoms. The molecular weight excluding hydrogens is 396 g/mol. The van der Waals surface area contributed by atoms with Crippen LogP contribution in [0.2, 0.25) is 0 Å². The van der Waals surface area contributed by atoms with Crippen LogP contribution in [0.25, 0.3) is 0 Å². The van der Waals surface area contributed by atoms with Gasteiger partial charge in [-0.1, -0.05) is 80.4 Å². The van der Waals surface area contributed by atoms with Gasteiger partial charge in [-0.15, -0.1) is 0 Å². The third kappa shape index (κ3) is 8.50. The lowest BCUT2D eigenvalue weighted by Crippen LogP contribution is -2.52. The lowest BCUT2D eigenvalue weighted by Gasteiger charge is -2.22. The first-order valence-corrected chi connectivity index (χ1v) is 10.4. The van der Waals surface area contributed by atoms with Gasteiger partial charge in [0.1, 0.15) is 18.7 Å². The molecule has 7 heteroatoms. The number of rotatable bonds is 11. The van der Waals surface area contributed by atoms with Gasteiger partial charge in [-0.25, -0.2) is 9.59 Å². The molecule has 2 amide bonds. The first-order valence-electron chi connectivity index (χ1n) is 10.4. The number of hydrogen-bond donors (Lipinski definition) is 2. The van der Waals surface area contributed by atoms with Gasteiger partial charge >= 0.3 is 12.1 Å². The maximum absolute atomic E-state index is 13.0. The smallest absolute Gasteiger partial charge is 0.408 e. The van der Waals surface area contributed by atoms with Gasteiger partial charge in [-0.3, -0.25) is 4.79 Å². The van der Waals surface area contributed by atoms with Crippen LogP contribution < -0.4 is 10.6 Å². The summed E-state index contributed by atoms with van der Waals surface area (Å²) in [7, 11) is 1.29. The van der Waals surface area contributed by atoms with Crippen molar-refractivity contribution >= 4 is 18.0 Å². The van der Waals surface area contributed by atoms with Crippen LogP contribution in [0.3, 0.4) is 0 Å². The van der Waals surface area contributed by atoms with E-state index in [0.717, 1.165) is 24.0 Å². The average molecular weight is 427 g/mol. The van der Waals surface area contributed by atoms with Crippen molar-refractivity contribution in [2.24, 2.45) is 0 Å². The predicted molar refractivity (Wildman–Crippen MR) is 117 cm³/mol. The van der Waals surface area contributed by atoms with Crippen LogP contribution >= 0.6 is 0 Å². The molecule has 2 atom stereocenters. The van der Waals surface area contributed by atoms with Crippen molar-refractivity contribution in [3.05, 3.63) is 71.8 Å². The Morgan fingerprint density at radius 2 is 1.48 bits per heavy atom. The first-order chi connectivity index (χ1) is 15.0. The Morgan fingerprint density at radius 1 is 0.871 bits per heavy atom.